The highest BCUT2D eigenvalue weighted by Gasteiger charge is 2.39. The number of aromatic nitrogens is 1. The maximum Gasteiger partial charge on any atom is 0.0562 e. The lowest BCUT2D eigenvalue weighted by Crippen LogP contribution is -2.18. The van der Waals surface area contributed by atoms with Crippen molar-refractivity contribution in [2.45, 2.75) is 57.8 Å². The van der Waals surface area contributed by atoms with E-state index in [0.717, 1.165) is 0 Å². The summed E-state index contributed by atoms with van der Waals surface area (Å²) in [4.78, 5) is 2.55. The summed E-state index contributed by atoms with van der Waals surface area (Å²) >= 11 is 0. The second-order valence-corrected chi connectivity index (χ2v) is 18.5. The van der Waals surface area contributed by atoms with Gasteiger partial charge < -0.3 is 9.47 Å². The maximum absolute atomic E-state index is 2.55. The molecule has 1 heterocycles. The number of benzene rings is 8. The van der Waals surface area contributed by atoms with Crippen molar-refractivity contribution in [2.24, 2.45) is 0 Å². The first-order valence-electron chi connectivity index (χ1n) is 21.1. The molecule has 1 aromatic heterocycles. The molecule has 284 valence electrons. The van der Waals surface area contributed by atoms with Gasteiger partial charge >= 0.3 is 0 Å². The Kier molecular flexibility index (Phi) is 6.84. The Morgan fingerprint density at radius 2 is 0.831 bits per heavy atom. The van der Waals surface area contributed by atoms with E-state index >= 15 is 0 Å². The molecule has 0 radical (unpaired) electrons. The minimum absolute atomic E-state index is 0.0926. The van der Waals surface area contributed by atoms with E-state index in [-0.39, 0.29) is 16.2 Å². The topological polar surface area (TPSA) is 8.17 Å². The van der Waals surface area contributed by atoms with E-state index < -0.39 is 0 Å². The van der Waals surface area contributed by atoms with Crippen LogP contribution in [0.15, 0.2) is 170 Å². The molecule has 0 spiro atoms. The molecule has 12 rings (SSSR count). The van der Waals surface area contributed by atoms with Gasteiger partial charge in [-0.15, -0.1) is 0 Å². The molecule has 0 amide bonds. The average molecular weight is 759 g/mol. The van der Waals surface area contributed by atoms with Gasteiger partial charge in [-0.3, -0.25) is 0 Å². The van der Waals surface area contributed by atoms with Crippen LogP contribution in [-0.4, -0.2) is 4.57 Å². The fraction of sp³-hybridized carbons (Fsp3) is 0.158. The summed E-state index contributed by atoms with van der Waals surface area (Å²) < 4.78 is 2.54. The van der Waals surface area contributed by atoms with Crippen molar-refractivity contribution in [1.29, 1.82) is 0 Å². The van der Waals surface area contributed by atoms with E-state index in [1.807, 2.05) is 0 Å². The van der Waals surface area contributed by atoms with Gasteiger partial charge in [0.1, 0.15) is 0 Å². The number of fused-ring (bicyclic) bond motifs is 12. The molecule has 0 saturated carbocycles. The van der Waals surface area contributed by atoms with Gasteiger partial charge in [-0.25, -0.2) is 0 Å². The predicted molar refractivity (Wildman–Crippen MR) is 248 cm³/mol. The van der Waals surface area contributed by atoms with Gasteiger partial charge in [0.15, 0.2) is 0 Å². The summed E-state index contributed by atoms with van der Waals surface area (Å²) in [6.45, 7) is 14.3. The highest BCUT2D eigenvalue weighted by atomic mass is 15.1. The Bertz CT molecular complexity index is 3150. The zero-order valence-corrected chi connectivity index (χ0v) is 34.6. The first-order valence-corrected chi connectivity index (χ1v) is 21.1. The monoisotopic (exact) mass is 758 g/mol. The number of hydrogen-bond acceptors (Lipinski definition) is 1. The lowest BCUT2D eigenvalue weighted by molar-refractivity contribution is 0.660. The molecule has 0 fully saturated rings. The Hall–Kier alpha value is -6.64. The SMILES string of the molecule is CC1(C)c2ccccc2-c2ccc(N(c3ccc4c(c3)C(C)(C)c3ccccc3-4)c3cccc4c3c3ccccc3n4-c3cccc4c3-c3ccccc3C4(C)C)cc21. The summed E-state index contributed by atoms with van der Waals surface area (Å²) in [7, 11) is 0. The van der Waals surface area contributed by atoms with E-state index in [1.165, 1.54) is 111 Å². The Labute approximate surface area is 347 Å². The first kappa shape index (κ1) is 34.4. The molecule has 0 unspecified atom stereocenters. The van der Waals surface area contributed by atoms with Crippen LogP contribution in [0.5, 0.6) is 0 Å². The van der Waals surface area contributed by atoms with Gasteiger partial charge in [0.2, 0.25) is 0 Å². The van der Waals surface area contributed by atoms with Crippen molar-refractivity contribution in [3.05, 3.63) is 203 Å². The van der Waals surface area contributed by atoms with Crippen LogP contribution in [0.1, 0.15) is 74.9 Å². The van der Waals surface area contributed by atoms with Crippen LogP contribution in [0.3, 0.4) is 0 Å². The average Bonchev–Trinajstić information content (AvgIpc) is 3.88. The van der Waals surface area contributed by atoms with Crippen LogP contribution < -0.4 is 4.90 Å². The van der Waals surface area contributed by atoms with Crippen molar-refractivity contribution in [2.75, 3.05) is 4.90 Å². The molecule has 0 N–H and O–H groups in total. The van der Waals surface area contributed by atoms with Crippen molar-refractivity contribution >= 4 is 38.9 Å². The largest absolute Gasteiger partial charge is 0.310 e. The molecule has 3 aliphatic carbocycles. The number of hydrogen-bond donors (Lipinski definition) is 0. The van der Waals surface area contributed by atoms with Crippen LogP contribution in [0, 0.1) is 0 Å². The van der Waals surface area contributed by atoms with Crippen LogP contribution in [0.4, 0.5) is 17.1 Å². The number of nitrogens with zero attached hydrogens (tertiary/aromatic N) is 2. The van der Waals surface area contributed by atoms with Crippen molar-refractivity contribution < 1.29 is 0 Å². The summed E-state index contributed by atoms with van der Waals surface area (Å²) in [5.41, 5.74) is 23.1. The fourth-order valence-electron chi connectivity index (χ4n) is 11.5. The Morgan fingerprint density at radius 3 is 1.46 bits per heavy atom. The molecular formula is C57H46N2. The molecule has 9 aromatic rings. The smallest absolute Gasteiger partial charge is 0.0562 e. The molecule has 0 atom stereocenters. The second-order valence-electron chi connectivity index (χ2n) is 18.5. The molecule has 0 saturated heterocycles. The molecule has 2 heteroatoms. The number of rotatable bonds is 4. The van der Waals surface area contributed by atoms with Crippen molar-refractivity contribution in [1.82, 2.24) is 4.57 Å². The van der Waals surface area contributed by atoms with E-state index in [2.05, 4.69) is 221 Å². The number of para-hydroxylation sites is 1. The van der Waals surface area contributed by atoms with E-state index in [0.29, 0.717) is 0 Å². The van der Waals surface area contributed by atoms with Gasteiger partial charge in [-0.1, -0.05) is 163 Å². The quantitative estimate of drug-likeness (QED) is 0.174. The molecule has 2 nitrogen and oxygen atoms in total. The van der Waals surface area contributed by atoms with Gasteiger partial charge in [-0.05, 0) is 110 Å². The third-order valence-corrected chi connectivity index (χ3v) is 14.4. The van der Waals surface area contributed by atoms with Gasteiger partial charge in [0.05, 0.1) is 22.4 Å². The fourth-order valence-corrected chi connectivity index (χ4v) is 11.5. The van der Waals surface area contributed by atoms with Crippen LogP contribution in [0.2, 0.25) is 0 Å². The molecule has 8 aromatic carbocycles. The van der Waals surface area contributed by atoms with E-state index in [9.17, 15) is 0 Å². The summed E-state index contributed by atoms with van der Waals surface area (Å²) in [5.74, 6) is 0. The van der Waals surface area contributed by atoms with Crippen LogP contribution in [0.25, 0.3) is 60.9 Å². The summed E-state index contributed by atoms with van der Waals surface area (Å²) in [6, 6.07) is 64.2. The summed E-state index contributed by atoms with van der Waals surface area (Å²) in [6.07, 6.45) is 0. The minimum Gasteiger partial charge on any atom is -0.310 e. The molecule has 0 aliphatic heterocycles. The van der Waals surface area contributed by atoms with Crippen LogP contribution >= 0.6 is 0 Å². The highest BCUT2D eigenvalue weighted by Crippen LogP contribution is 2.55. The Balaban J connectivity index is 1.14. The molecule has 0 bridgehead atoms. The van der Waals surface area contributed by atoms with Crippen LogP contribution in [-0.2, 0) is 16.2 Å². The van der Waals surface area contributed by atoms with Gasteiger partial charge in [0, 0.05) is 44.0 Å². The standard InChI is InChI=1S/C57H46N2/c1-55(2)45-23-13-9-19-41(45)53-46(55)24-15-26-50(53)59-49-25-14-10-20-42(49)54-51(27-16-28-52(54)59)58(35-29-31-39-37-17-7-11-21-43(37)56(3,4)47(39)33-35)36-30-32-40-38-18-8-12-22-44(38)57(5,6)48(40)34-36/h7-34H,1-6H3. The predicted octanol–water partition coefficient (Wildman–Crippen LogP) is 15.2. The van der Waals surface area contributed by atoms with E-state index in [4.69, 9.17) is 0 Å². The molecular weight excluding hydrogens is 713 g/mol. The number of anilines is 3. The highest BCUT2D eigenvalue weighted by molar-refractivity contribution is 6.17. The van der Waals surface area contributed by atoms with Gasteiger partial charge in [-0.2, -0.15) is 0 Å². The molecule has 59 heavy (non-hydrogen) atoms. The third-order valence-electron chi connectivity index (χ3n) is 14.4. The zero-order valence-electron chi connectivity index (χ0n) is 34.6. The summed E-state index contributed by atoms with van der Waals surface area (Å²) in [5, 5.41) is 2.49. The van der Waals surface area contributed by atoms with Crippen molar-refractivity contribution in [3.63, 3.8) is 0 Å². The second kappa shape index (κ2) is 11.7. The third kappa shape index (κ3) is 4.47. The lowest BCUT2D eigenvalue weighted by atomic mass is 9.82. The normalized spacial score (nSPS) is 15.7. The van der Waals surface area contributed by atoms with Crippen molar-refractivity contribution in [3.8, 4) is 39.1 Å². The Morgan fingerprint density at radius 1 is 0.373 bits per heavy atom. The van der Waals surface area contributed by atoms with Gasteiger partial charge in [0.25, 0.3) is 0 Å². The van der Waals surface area contributed by atoms with E-state index in [1.54, 1.807) is 0 Å². The maximum atomic E-state index is 2.55. The minimum atomic E-state index is -0.130. The zero-order chi connectivity index (χ0) is 40.0. The first-order chi connectivity index (χ1) is 28.6. The lowest BCUT2D eigenvalue weighted by Gasteiger charge is -2.30. The molecule has 3 aliphatic rings.